The lowest BCUT2D eigenvalue weighted by molar-refractivity contribution is -0.134. The minimum absolute atomic E-state index is 0.00452. The van der Waals surface area contributed by atoms with Crippen LogP contribution in [0.1, 0.15) is 24.1 Å². The van der Waals surface area contributed by atoms with Crippen LogP contribution in [0.2, 0.25) is 0 Å². The zero-order valence-electron chi connectivity index (χ0n) is 15.6. The van der Waals surface area contributed by atoms with Gasteiger partial charge in [0, 0.05) is 18.1 Å². The molecule has 1 atom stereocenters. The standard InChI is InChI=1S/C22H25N3O/c1-17(19-9-5-4-6-10-19)25(22(26)16-24(2)3)15-18-13-20-11-7-8-12-21(20)23-14-18/h4-14,17H,15-16H2,1-3H3. The second kappa shape index (κ2) is 8.11. The molecule has 1 heterocycles. The van der Waals surface area contributed by atoms with Crippen LogP contribution in [-0.4, -0.2) is 41.3 Å². The lowest BCUT2D eigenvalue weighted by Crippen LogP contribution is -2.39. The second-order valence-corrected chi connectivity index (χ2v) is 6.88. The monoisotopic (exact) mass is 347 g/mol. The first kappa shape index (κ1) is 18.1. The normalized spacial score (nSPS) is 12.3. The van der Waals surface area contributed by atoms with Crippen molar-refractivity contribution >= 4 is 16.8 Å². The van der Waals surface area contributed by atoms with Gasteiger partial charge in [0.2, 0.25) is 5.91 Å². The molecule has 0 aliphatic rings. The van der Waals surface area contributed by atoms with E-state index in [1.54, 1.807) is 0 Å². The van der Waals surface area contributed by atoms with E-state index in [0.29, 0.717) is 13.1 Å². The molecule has 134 valence electrons. The number of aromatic nitrogens is 1. The zero-order chi connectivity index (χ0) is 18.5. The van der Waals surface area contributed by atoms with Crippen molar-refractivity contribution in [1.29, 1.82) is 0 Å². The molecule has 1 amide bonds. The Balaban J connectivity index is 1.90. The number of hydrogen-bond donors (Lipinski definition) is 0. The summed E-state index contributed by atoms with van der Waals surface area (Å²) < 4.78 is 0. The number of para-hydroxylation sites is 1. The highest BCUT2D eigenvalue weighted by atomic mass is 16.2. The molecule has 0 spiro atoms. The van der Waals surface area contributed by atoms with Crippen molar-refractivity contribution in [2.24, 2.45) is 0 Å². The molecule has 2 aromatic carbocycles. The van der Waals surface area contributed by atoms with Gasteiger partial charge < -0.3 is 9.80 Å². The quantitative estimate of drug-likeness (QED) is 0.679. The van der Waals surface area contributed by atoms with Gasteiger partial charge in [-0.2, -0.15) is 0 Å². The van der Waals surface area contributed by atoms with Gasteiger partial charge in [0.05, 0.1) is 18.1 Å². The van der Waals surface area contributed by atoms with Gasteiger partial charge in [0.1, 0.15) is 0 Å². The summed E-state index contributed by atoms with van der Waals surface area (Å²) in [6, 6.07) is 20.3. The zero-order valence-corrected chi connectivity index (χ0v) is 15.6. The van der Waals surface area contributed by atoms with E-state index in [4.69, 9.17) is 0 Å². The fourth-order valence-electron chi connectivity index (χ4n) is 3.11. The Hall–Kier alpha value is -2.72. The number of carbonyl (C=O) groups excluding carboxylic acids is 1. The number of likely N-dealkylation sites (N-methyl/N-ethyl adjacent to an activating group) is 1. The molecule has 0 saturated heterocycles. The van der Waals surface area contributed by atoms with Crippen molar-refractivity contribution in [3.05, 3.63) is 78.0 Å². The smallest absolute Gasteiger partial charge is 0.237 e. The molecule has 0 bridgehead atoms. The Bertz CT molecular complexity index is 877. The summed E-state index contributed by atoms with van der Waals surface area (Å²) in [5, 5.41) is 1.09. The van der Waals surface area contributed by atoms with E-state index >= 15 is 0 Å². The van der Waals surface area contributed by atoms with Gasteiger partial charge in [-0.05, 0) is 44.3 Å². The molecule has 4 nitrogen and oxygen atoms in total. The summed E-state index contributed by atoms with van der Waals surface area (Å²) in [7, 11) is 3.84. The van der Waals surface area contributed by atoms with Gasteiger partial charge in [-0.15, -0.1) is 0 Å². The van der Waals surface area contributed by atoms with Gasteiger partial charge in [0.15, 0.2) is 0 Å². The minimum Gasteiger partial charge on any atom is -0.330 e. The van der Waals surface area contributed by atoms with Crippen molar-refractivity contribution in [3.63, 3.8) is 0 Å². The van der Waals surface area contributed by atoms with Gasteiger partial charge in [-0.25, -0.2) is 0 Å². The van der Waals surface area contributed by atoms with Gasteiger partial charge in [-0.3, -0.25) is 9.78 Å². The summed E-state index contributed by atoms with van der Waals surface area (Å²) in [5.74, 6) is 0.111. The average Bonchev–Trinajstić information content (AvgIpc) is 2.65. The van der Waals surface area contributed by atoms with Crippen LogP contribution < -0.4 is 0 Å². The molecular weight excluding hydrogens is 322 g/mol. The Kier molecular flexibility index (Phi) is 5.64. The van der Waals surface area contributed by atoms with Crippen molar-refractivity contribution < 1.29 is 4.79 Å². The largest absolute Gasteiger partial charge is 0.330 e. The molecule has 0 radical (unpaired) electrons. The van der Waals surface area contributed by atoms with Crippen molar-refractivity contribution in [3.8, 4) is 0 Å². The fourth-order valence-corrected chi connectivity index (χ4v) is 3.11. The lowest BCUT2D eigenvalue weighted by atomic mass is 10.1. The van der Waals surface area contributed by atoms with Gasteiger partial charge in [0.25, 0.3) is 0 Å². The van der Waals surface area contributed by atoms with E-state index in [2.05, 4.69) is 36.2 Å². The summed E-state index contributed by atoms with van der Waals surface area (Å²) >= 11 is 0. The Labute approximate surface area is 155 Å². The highest BCUT2D eigenvalue weighted by Crippen LogP contribution is 2.23. The van der Waals surface area contributed by atoms with E-state index in [1.807, 2.05) is 66.5 Å². The van der Waals surface area contributed by atoms with Gasteiger partial charge in [-0.1, -0.05) is 48.5 Å². The highest BCUT2D eigenvalue weighted by molar-refractivity contribution is 5.80. The Morgan fingerprint density at radius 1 is 1.04 bits per heavy atom. The third-order valence-corrected chi connectivity index (χ3v) is 4.52. The molecule has 1 unspecified atom stereocenters. The molecule has 0 N–H and O–H groups in total. The number of fused-ring (bicyclic) bond motifs is 1. The van der Waals surface area contributed by atoms with Crippen LogP contribution >= 0.6 is 0 Å². The molecule has 1 aromatic heterocycles. The van der Waals surface area contributed by atoms with Crippen LogP contribution in [0.15, 0.2) is 66.9 Å². The maximum atomic E-state index is 12.9. The van der Waals surface area contributed by atoms with Crippen LogP contribution in [0.25, 0.3) is 10.9 Å². The first-order valence-corrected chi connectivity index (χ1v) is 8.87. The van der Waals surface area contributed by atoms with E-state index in [0.717, 1.165) is 22.0 Å². The molecule has 3 rings (SSSR count). The van der Waals surface area contributed by atoms with Gasteiger partial charge >= 0.3 is 0 Å². The van der Waals surface area contributed by atoms with Crippen LogP contribution in [0.5, 0.6) is 0 Å². The van der Waals surface area contributed by atoms with Crippen molar-refractivity contribution in [1.82, 2.24) is 14.8 Å². The summed E-state index contributed by atoms with van der Waals surface area (Å²) in [6.45, 7) is 3.01. The molecule has 26 heavy (non-hydrogen) atoms. The van der Waals surface area contributed by atoms with Crippen LogP contribution in [0, 0.1) is 0 Å². The van der Waals surface area contributed by atoms with Crippen LogP contribution in [0.3, 0.4) is 0 Å². The highest BCUT2D eigenvalue weighted by Gasteiger charge is 2.22. The predicted octanol–water partition coefficient (Wildman–Crippen LogP) is 3.89. The number of nitrogens with zero attached hydrogens (tertiary/aromatic N) is 3. The average molecular weight is 347 g/mol. The molecule has 0 aliphatic carbocycles. The first-order valence-electron chi connectivity index (χ1n) is 8.87. The summed E-state index contributed by atoms with van der Waals surface area (Å²) in [6.07, 6.45) is 1.87. The lowest BCUT2D eigenvalue weighted by Gasteiger charge is -2.31. The first-order chi connectivity index (χ1) is 12.5. The maximum Gasteiger partial charge on any atom is 0.237 e. The van der Waals surface area contributed by atoms with E-state index < -0.39 is 0 Å². The van der Waals surface area contributed by atoms with E-state index in [1.165, 1.54) is 0 Å². The number of hydrogen-bond acceptors (Lipinski definition) is 3. The number of benzene rings is 2. The number of carbonyl (C=O) groups is 1. The molecular formula is C22H25N3O. The Morgan fingerprint density at radius 2 is 1.73 bits per heavy atom. The molecule has 0 aliphatic heterocycles. The SMILES string of the molecule is CC(c1ccccc1)N(Cc1cnc2ccccc2c1)C(=O)CN(C)C. The molecule has 0 saturated carbocycles. The number of rotatable bonds is 6. The number of pyridine rings is 1. The Morgan fingerprint density at radius 3 is 2.46 bits per heavy atom. The van der Waals surface area contributed by atoms with E-state index in [9.17, 15) is 4.79 Å². The second-order valence-electron chi connectivity index (χ2n) is 6.88. The van der Waals surface area contributed by atoms with Crippen molar-refractivity contribution in [2.75, 3.05) is 20.6 Å². The topological polar surface area (TPSA) is 36.4 Å². The minimum atomic E-state index is -0.00452. The summed E-state index contributed by atoms with van der Waals surface area (Å²) in [4.78, 5) is 21.3. The summed E-state index contributed by atoms with van der Waals surface area (Å²) in [5.41, 5.74) is 3.14. The molecule has 0 fully saturated rings. The van der Waals surface area contributed by atoms with Crippen molar-refractivity contribution in [2.45, 2.75) is 19.5 Å². The molecule has 3 aromatic rings. The third kappa shape index (κ3) is 4.27. The predicted molar refractivity (Wildman–Crippen MR) is 106 cm³/mol. The van der Waals surface area contributed by atoms with Crippen LogP contribution in [-0.2, 0) is 11.3 Å². The third-order valence-electron chi connectivity index (χ3n) is 4.52. The van der Waals surface area contributed by atoms with E-state index in [-0.39, 0.29) is 11.9 Å². The number of amides is 1. The molecule has 4 heteroatoms. The van der Waals surface area contributed by atoms with Crippen LogP contribution in [0.4, 0.5) is 0 Å². The fraction of sp³-hybridized carbons (Fsp3) is 0.273. The maximum absolute atomic E-state index is 12.9.